The highest BCUT2D eigenvalue weighted by Gasteiger charge is 2.14. The normalized spacial score (nSPS) is 10.2. The molecule has 2 rings (SSSR count). The summed E-state index contributed by atoms with van der Waals surface area (Å²) in [6, 6.07) is 2.30. The summed E-state index contributed by atoms with van der Waals surface area (Å²) in [7, 11) is 0. The monoisotopic (exact) mass is 308 g/mol. The van der Waals surface area contributed by atoms with Crippen molar-refractivity contribution in [3.05, 3.63) is 52.3 Å². The minimum absolute atomic E-state index is 0.00341. The van der Waals surface area contributed by atoms with Crippen LogP contribution in [-0.2, 0) is 0 Å². The topological polar surface area (TPSA) is 98.0 Å². The summed E-state index contributed by atoms with van der Waals surface area (Å²) in [5.41, 5.74) is 5.37. The van der Waals surface area contributed by atoms with E-state index >= 15 is 0 Å². The molecule has 1 aromatic carbocycles. The highest BCUT2D eigenvalue weighted by molar-refractivity contribution is 6.29. The van der Waals surface area contributed by atoms with Gasteiger partial charge in [0.2, 0.25) is 5.91 Å². The van der Waals surface area contributed by atoms with Crippen molar-refractivity contribution in [2.24, 2.45) is 5.73 Å². The molecule has 0 radical (unpaired) electrons. The number of hydrogen-bond donors (Lipinski definition) is 2. The lowest BCUT2D eigenvalue weighted by atomic mass is 10.1. The van der Waals surface area contributed by atoms with E-state index < -0.39 is 17.6 Å². The van der Waals surface area contributed by atoms with Crippen molar-refractivity contribution in [1.82, 2.24) is 9.97 Å². The fraction of sp³-hybridized carbons (Fsp3) is 0.0769. The van der Waals surface area contributed by atoms with Crippen molar-refractivity contribution in [2.75, 3.05) is 5.32 Å². The molecule has 2 aromatic rings. The molecule has 0 spiro atoms. The molecule has 108 valence electrons. The minimum atomic E-state index is -0.796. The van der Waals surface area contributed by atoms with Gasteiger partial charge in [-0.05, 0) is 19.1 Å². The second kappa shape index (κ2) is 5.84. The summed E-state index contributed by atoms with van der Waals surface area (Å²) in [5, 5.41) is 2.59. The van der Waals surface area contributed by atoms with E-state index in [9.17, 15) is 14.0 Å². The molecule has 8 heteroatoms. The van der Waals surface area contributed by atoms with Crippen LogP contribution in [0.1, 0.15) is 26.4 Å². The van der Waals surface area contributed by atoms with Crippen molar-refractivity contribution < 1.29 is 14.0 Å². The van der Waals surface area contributed by atoms with Crippen LogP contribution < -0.4 is 11.1 Å². The first-order chi connectivity index (χ1) is 9.88. The van der Waals surface area contributed by atoms with Gasteiger partial charge in [0.05, 0.1) is 12.4 Å². The molecule has 0 fully saturated rings. The zero-order valence-corrected chi connectivity index (χ0v) is 11.6. The molecule has 0 aliphatic carbocycles. The molecule has 2 amide bonds. The molecule has 0 aliphatic heterocycles. The molecule has 0 bridgehead atoms. The molecular formula is C13H10ClFN4O2. The number of aromatic nitrogens is 2. The van der Waals surface area contributed by atoms with E-state index in [2.05, 4.69) is 15.3 Å². The number of carbonyl (C=O) groups is 2. The number of nitrogens with two attached hydrogens (primary N) is 1. The third-order valence-corrected chi connectivity index (χ3v) is 2.93. The van der Waals surface area contributed by atoms with Crippen molar-refractivity contribution in [3.63, 3.8) is 0 Å². The lowest BCUT2D eigenvalue weighted by Gasteiger charge is -2.10. The zero-order chi connectivity index (χ0) is 15.6. The highest BCUT2D eigenvalue weighted by Crippen LogP contribution is 2.21. The van der Waals surface area contributed by atoms with Gasteiger partial charge in [0, 0.05) is 16.8 Å². The summed E-state index contributed by atoms with van der Waals surface area (Å²) in [4.78, 5) is 30.6. The van der Waals surface area contributed by atoms with E-state index in [4.69, 9.17) is 17.3 Å². The Bertz CT molecular complexity index is 719. The minimum Gasteiger partial charge on any atom is -0.366 e. The molecule has 1 aromatic heterocycles. The molecule has 1 heterocycles. The van der Waals surface area contributed by atoms with Gasteiger partial charge in [0.15, 0.2) is 0 Å². The molecule has 0 saturated carbocycles. The Labute approximate surface area is 124 Å². The van der Waals surface area contributed by atoms with Gasteiger partial charge < -0.3 is 11.1 Å². The van der Waals surface area contributed by atoms with Gasteiger partial charge in [0.25, 0.3) is 5.91 Å². The number of halogens is 2. The second-order valence-corrected chi connectivity index (χ2v) is 4.56. The summed E-state index contributed by atoms with van der Waals surface area (Å²) in [5.74, 6) is -2.05. The molecule has 0 saturated heterocycles. The molecular weight excluding hydrogens is 299 g/mol. The smallest absolute Gasteiger partial charge is 0.275 e. The van der Waals surface area contributed by atoms with Gasteiger partial charge in [-0.15, -0.1) is 0 Å². The van der Waals surface area contributed by atoms with E-state index in [1.165, 1.54) is 25.4 Å². The Morgan fingerprint density at radius 2 is 2.00 bits per heavy atom. The first-order valence-corrected chi connectivity index (χ1v) is 6.15. The Balaban J connectivity index is 2.32. The first-order valence-electron chi connectivity index (χ1n) is 5.77. The fourth-order valence-electron chi connectivity index (χ4n) is 1.57. The molecule has 0 unspecified atom stereocenters. The summed E-state index contributed by atoms with van der Waals surface area (Å²) < 4.78 is 13.7. The summed E-state index contributed by atoms with van der Waals surface area (Å²) in [6.07, 6.45) is 2.39. The number of nitrogens with zero attached hydrogens (tertiary/aromatic N) is 2. The lowest BCUT2D eigenvalue weighted by Crippen LogP contribution is -2.17. The van der Waals surface area contributed by atoms with Crippen LogP contribution in [0.5, 0.6) is 0 Å². The summed E-state index contributed by atoms with van der Waals surface area (Å²) in [6.45, 7) is 1.46. The van der Waals surface area contributed by atoms with Gasteiger partial charge in [-0.2, -0.15) is 0 Å². The number of nitrogens with one attached hydrogen (secondary N) is 1. The number of amides is 2. The quantitative estimate of drug-likeness (QED) is 0.905. The fourth-order valence-corrected chi connectivity index (χ4v) is 1.66. The first kappa shape index (κ1) is 14.9. The largest absolute Gasteiger partial charge is 0.366 e. The van der Waals surface area contributed by atoms with E-state index in [1.807, 2.05) is 0 Å². The van der Waals surface area contributed by atoms with Crippen LogP contribution in [-0.4, -0.2) is 21.8 Å². The maximum absolute atomic E-state index is 13.7. The van der Waals surface area contributed by atoms with Gasteiger partial charge in [-0.3, -0.25) is 9.59 Å². The van der Waals surface area contributed by atoms with Crippen LogP contribution >= 0.6 is 11.6 Å². The van der Waals surface area contributed by atoms with Crippen molar-refractivity contribution in [1.29, 1.82) is 0 Å². The molecule has 0 atom stereocenters. The van der Waals surface area contributed by atoms with E-state index in [0.29, 0.717) is 0 Å². The Morgan fingerprint density at radius 3 is 2.57 bits per heavy atom. The van der Waals surface area contributed by atoms with E-state index in [-0.39, 0.29) is 27.7 Å². The Morgan fingerprint density at radius 1 is 1.29 bits per heavy atom. The molecule has 0 aliphatic rings. The van der Waals surface area contributed by atoms with Crippen molar-refractivity contribution in [2.45, 2.75) is 6.92 Å². The number of carbonyl (C=O) groups excluding carboxylic acids is 2. The van der Waals surface area contributed by atoms with Crippen LogP contribution in [0.25, 0.3) is 0 Å². The van der Waals surface area contributed by atoms with Gasteiger partial charge >= 0.3 is 0 Å². The second-order valence-electron chi connectivity index (χ2n) is 4.17. The zero-order valence-electron chi connectivity index (χ0n) is 10.9. The summed E-state index contributed by atoms with van der Waals surface area (Å²) >= 11 is 5.57. The maximum atomic E-state index is 13.7. The average molecular weight is 309 g/mol. The van der Waals surface area contributed by atoms with E-state index in [0.717, 1.165) is 6.07 Å². The number of primary amides is 1. The van der Waals surface area contributed by atoms with E-state index in [1.54, 1.807) is 0 Å². The third-order valence-electron chi connectivity index (χ3n) is 2.73. The molecule has 3 N–H and O–H groups in total. The van der Waals surface area contributed by atoms with Crippen LogP contribution in [0.4, 0.5) is 10.1 Å². The van der Waals surface area contributed by atoms with Crippen LogP contribution in [0.2, 0.25) is 5.15 Å². The Kier molecular flexibility index (Phi) is 4.13. The van der Waals surface area contributed by atoms with Gasteiger partial charge in [0.1, 0.15) is 16.7 Å². The van der Waals surface area contributed by atoms with Crippen molar-refractivity contribution >= 4 is 29.1 Å². The average Bonchev–Trinajstić information content (AvgIpc) is 2.44. The standard InChI is InChI=1S/C13H10ClFN4O2/c1-6-8(15)2-7(12(16)20)3-9(6)19-13(21)10-4-18-11(14)5-17-10/h2-5H,1H3,(H2,16,20)(H,19,21). The SMILES string of the molecule is Cc1c(F)cc(C(N)=O)cc1NC(=O)c1cnc(Cl)cn1. The van der Waals surface area contributed by atoms with Crippen LogP contribution in [0.3, 0.4) is 0 Å². The maximum Gasteiger partial charge on any atom is 0.275 e. The van der Waals surface area contributed by atoms with Crippen LogP contribution in [0.15, 0.2) is 24.5 Å². The van der Waals surface area contributed by atoms with Gasteiger partial charge in [-0.25, -0.2) is 14.4 Å². The molecule has 21 heavy (non-hydrogen) atoms. The highest BCUT2D eigenvalue weighted by atomic mass is 35.5. The number of hydrogen-bond acceptors (Lipinski definition) is 4. The predicted molar refractivity (Wildman–Crippen MR) is 74.7 cm³/mol. The van der Waals surface area contributed by atoms with Gasteiger partial charge in [-0.1, -0.05) is 11.6 Å². The number of benzene rings is 1. The Hall–Kier alpha value is -2.54. The number of rotatable bonds is 3. The number of anilines is 1. The molecule has 6 nitrogen and oxygen atoms in total. The van der Waals surface area contributed by atoms with Crippen molar-refractivity contribution in [3.8, 4) is 0 Å². The predicted octanol–water partition coefficient (Wildman–Crippen LogP) is 1.93. The third kappa shape index (κ3) is 3.32. The van der Waals surface area contributed by atoms with Crippen LogP contribution in [0, 0.1) is 12.7 Å². The lowest BCUT2D eigenvalue weighted by molar-refractivity contribution is 0.0995.